The number of rotatable bonds is 8. The first-order chi connectivity index (χ1) is 18.4. The zero-order chi connectivity index (χ0) is 28.4. The molecule has 0 saturated heterocycles. The maximum Gasteiger partial charge on any atom is 0.272 e. The van der Waals surface area contributed by atoms with Crippen molar-refractivity contribution in [3.05, 3.63) is 84.4 Å². The molecule has 10 heteroatoms. The van der Waals surface area contributed by atoms with Gasteiger partial charge in [-0.25, -0.2) is 13.4 Å². The van der Waals surface area contributed by atoms with Crippen molar-refractivity contribution in [3.8, 4) is 11.5 Å². The molecule has 39 heavy (non-hydrogen) atoms. The molecular formula is C29H36N4O5S. The predicted molar refractivity (Wildman–Crippen MR) is 161 cm³/mol. The number of aromatic amines is 1. The number of H-pyrrole nitrogens is 1. The Bertz CT molecular complexity index is 1650. The largest absolute Gasteiger partial charge is 0.492 e. The average Bonchev–Trinajstić information content (AvgIpc) is 3.17. The van der Waals surface area contributed by atoms with E-state index >= 15 is 0 Å². The van der Waals surface area contributed by atoms with Crippen LogP contribution in [0.3, 0.4) is 0 Å². The number of carbonyl (C=O) groups excluding carboxylic acids is 1. The summed E-state index contributed by atoms with van der Waals surface area (Å²) in [6.45, 7) is 9.76. The van der Waals surface area contributed by atoms with Crippen molar-refractivity contribution in [1.29, 1.82) is 0 Å². The first-order valence-electron chi connectivity index (χ1n) is 12.3. The number of hydrogen-bond acceptors (Lipinski definition) is 6. The summed E-state index contributed by atoms with van der Waals surface area (Å²) in [5.74, 6) is 0.676. The van der Waals surface area contributed by atoms with Gasteiger partial charge in [0.25, 0.3) is 5.91 Å². The fraction of sp³-hybridized carbons (Fsp3) is 0.241. The number of nitrogens with zero attached hydrogens (tertiary/aromatic N) is 1. The van der Waals surface area contributed by atoms with Crippen LogP contribution in [0.5, 0.6) is 11.5 Å². The van der Waals surface area contributed by atoms with Gasteiger partial charge in [-0.1, -0.05) is 51.6 Å². The van der Waals surface area contributed by atoms with E-state index in [4.69, 9.17) is 9.47 Å². The number of benzene rings is 2. The first kappa shape index (κ1) is 27.7. The van der Waals surface area contributed by atoms with E-state index < -0.39 is 15.9 Å². The van der Waals surface area contributed by atoms with Crippen molar-refractivity contribution in [2.75, 3.05) is 23.4 Å². The summed E-state index contributed by atoms with van der Waals surface area (Å²) in [5.41, 5.74) is 2.74. The standard InChI is InChI=1S/C29H32N4O5S.2H2/c1-7-20-12-8-9-14-25(30-20)38-24-13-10-11-18-15-23(31-26(18)24)28(34)32-21-16-19(29(2,3)4)17-22(27(21)37-5)33-39(6,35)36;;/h7-11,13-17,31,33H,1,12H2,2-6H3,(H,32,34);2*1H. The summed E-state index contributed by atoms with van der Waals surface area (Å²) >= 11 is 0. The lowest BCUT2D eigenvalue weighted by molar-refractivity contribution is 0.102. The van der Waals surface area contributed by atoms with Crippen LogP contribution >= 0.6 is 0 Å². The van der Waals surface area contributed by atoms with E-state index in [1.165, 1.54) is 7.11 Å². The Morgan fingerprint density at radius 3 is 2.62 bits per heavy atom. The second kappa shape index (κ2) is 10.8. The van der Waals surface area contributed by atoms with Crippen LogP contribution in [0.15, 0.2) is 78.2 Å². The molecule has 4 rings (SSSR count). The number of amides is 1. The SMILES string of the molecule is C=CC1=NC(Oc2cccc3cc(C(=O)Nc4cc(C(C)(C)C)cc(NS(C)(=O)=O)c4OC)[nH]c23)=CC=CC1.[HH].[HH]. The molecule has 0 spiro atoms. The molecule has 0 bridgehead atoms. The summed E-state index contributed by atoms with van der Waals surface area (Å²) in [6.07, 6.45) is 9.00. The minimum atomic E-state index is -3.60. The van der Waals surface area contributed by atoms with Crippen LogP contribution in [0.1, 0.15) is 46.1 Å². The summed E-state index contributed by atoms with van der Waals surface area (Å²) in [6, 6.07) is 10.7. The number of allylic oxidation sites excluding steroid dienone is 4. The minimum Gasteiger partial charge on any atom is -0.492 e. The van der Waals surface area contributed by atoms with Crippen molar-refractivity contribution in [2.24, 2.45) is 4.99 Å². The highest BCUT2D eigenvalue weighted by atomic mass is 32.2. The second-order valence-corrected chi connectivity index (χ2v) is 11.9. The molecule has 2 aromatic carbocycles. The average molecular weight is 553 g/mol. The number of sulfonamides is 1. The summed E-state index contributed by atoms with van der Waals surface area (Å²) in [7, 11) is -2.18. The molecule has 0 fully saturated rings. The third-order valence-corrected chi connectivity index (χ3v) is 6.56. The van der Waals surface area contributed by atoms with Crippen LogP contribution < -0.4 is 19.5 Å². The zero-order valence-corrected chi connectivity index (χ0v) is 23.4. The van der Waals surface area contributed by atoms with Gasteiger partial charge in [0, 0.05) is 26.4 Å². The van der Waals surface area contributed by atoms with E-state index in [1.54, 1.807) is 36.4 Å². The molecule has 3 N–H and O–H groups in total. The number of ether oxygens (including phenoxy) is 2. The van der Waals surface area contributed by atoms with Crippen molar-refractivity contribution in [1.82, 2.24) is 4.98 Å². The molecule has 1 amide bonds. The number of hydrogen-bond donors (Lipinski definition) is 3. The van der Waals surface area contributed by atoms with Gasteiger partial charge in [-0.2, -0.15) is 0 Å². The molecule has 0 radical (unpaired) electrons. The Hall–Kier alpha value is -4.31. The number of anilines is 2. The van der Waals surface area contributed by atoms with Gasteiger partial charge < -0.3 is 19.8 Å². The fourth-order valence-corrected chi connectivity index (χ4v) is 4.59. The van der Waals surface area contributed by atoms with Crippen LogP contribution in [0.4, 0.5) is 11.4 Å². The number of aromatic nitrogens is 1. The highest BCUT2D eigenvalue weighted by Gasteiger charge is 2.23. The minimum absolute atomic E-state index is 0. The van der Waals surface area contributed by atoms with Crippen molar-refractivity contribution >= 4 is 43.9 Å². The molecule has 3 aromatic rings. The number of aliphatic imine (C=N–C) groups is 1. The molecule has 9 nitrogen and oxygen atoms in total. The van der Waals surface area contributed by atoms with Crippen LogP contribution in [0, 0.1) is 0 Å². The lowest BCUT2D eigenvalue weighted by Gasteiger charge is -2.23. The molecule has 1 aromatic heterocycles. The molecule has 0 atom stereocenters. The smallest absolute Gasteiger partial charge is 0.272 e. The quantitative estimate of drug-likeness (QED) is 0.299. The van der Waals surface area contributed by atoms with Crippen LogP contribution in [-0.4, -0.2) is 38.4 Å². The maximum absolute atomic E-state index is 13.4. The maximum atomic E-state index is 13.4. The fourth-order valence-electron chi connectivity index (χ4n) is 4.04. The lowest BCUT2D eigenvalue weighted by Crippen LogP contribution is -2.18. The summed E-state index contributed by atoms with van der Waals surface area (Å²) < 4.78 is 38.1. The van der Waals surface area contributed by atoms with Gasteiger partial charge in [0.2, 0.25) is 15.9 Å². The Morgan fingerprint density at radius 1 is 1.21 bits per heavy atom. The van der Waals surface area contributed by atoms with Crippen molar-refractivity contribution in [2.45, 2.75) is 32.6 Å². The van der Waals surface area contributed by atoms with Gasteiger partial charge in [0.1, 0.15) is 5.69 Å². The Labute approximate surface area is 231 Å². The third-order valence-electron chi connectivity index (χ3n) is 5.97. The van der Waals surface area contributed by atoms with Crippen LogP contribution in [0.25, 0.3) is 10.9 Å². The highest BCUT2D eigenvalue weighted by molar-refractivity contribution is 7.92. The molecule has 0 aliphatic carbocycles. The molecule has 0 unspecified atom stereocenters. The number of carbonyl (C=O) groups is 1. The van der Waals surface area contributed by atoms with E-state index in [0.717, 1.165) is 22.9 Å². The topological polar surface area (TPSA) is 122 Å². The first-order valence-corrected chi connectivity index (χ1v) is 14.1. The number of fused-ring (bicyclic) bond motifs is 1. The molecule has 208 valence electrons. The van der Waals surface area contributed by atoms with E-state index in [0.29, 0.717) is 29.3 Å². The summed E-state index contributed by atoms with van der Waals surface area (Å²) in [5, 5.41) is 3.64. The number of para-hydroxylation sites is 1. The second-order valence-electron chi connectivity index (χ2n) is 10.1. The normalized spacial score (nSPS) is 13.8. The Morgan fingerprint density at radius 2 is 1.95 bits per heavy atom. The Kier molecular flexibility index (Phi) is 7.69. The van der Waals surface area contributed by atoms with Gasteiger partial charge >= 0.3 is 0 Å². The van der Waals surface area contributed by atoms with Gasteiger partial charge in [0.15, 0.2) is 11.5 Å². The number of nitrogens with one attached hydrogen (secondary N) is 3. The zero-order valence-electron chi connectivity index (χ0n) is 22.6. The third kappa shape index (κ3) is 6.58. The van der Waals surface area contributed by atoms with Gasteiger partial charge in [-0.3, -0.25) is 9.52 Å². The molecular weight excluding hydrogens is 516 g/mol. The van der Waals surface area contributed by atoms with Crippen LogP contribution in [0.2, 0.25) is 0 Å². The van der Waals surface area contributed by atoms with E-state index in [9.17, 15) is 13.2 Å². The molecule has 1 aliphatic heterocycles. The monoisotopic (exact) mass is 552 g/mol. The summed E-state index contributed by atoms with van der Waals surface area (Å²) in [4.78, 5) is 21.0. The van der Waals surface area contributed by atoms with Crippen molar-refractivity contribution in [3.63, 3.8) is 0 Å². The van der Waals surface area contributed by atoms with Crippen LogP contribution in [-0.2, 0) is 15.4 Å². The number of methoxy groups -OCH3 is 1. The van der Waals surface area contributed by atoms with Gasteiger partial charge in [0.05, 0.1) is 30.3 Å². The molecule has 2 heterocycles. The predicted octanol–water partition coefficient (Wildman–Crippen LogP) is 6.40. The molecule has 0 saturated carbocycles. The lowest BCUT2D eigenvalue weighted by atomic mass is 9.86. The van der Waals surface area contributed by atoms with E-state index in [1.807, 2.05) is 45.1 Å². The highest BCUT2D eigenvalue weighted by Crippen LogP contribution is 2.39. The van der Waals surface area contributed by atoms with Gasteiger partial charge in [-0.15, -0.1) is 0 Å². The van der Waals surface area contributed by atoms with Crippen molar-refractivity contribution < 1.29 is 25.5 Å². The van der Waals surface area contributed by atoms with Gasteiger partial charge in [-0.05, 0) is 41.3 Å². The molecule has 1 aliphatic rings. The Balaban J connectivity index is 0.00000294. The van der Waals surface area contributed by atoms with E-state index in [-0.39, 0.29) is 25.4 Å². The van der Waals surface area contributed by atoms with E-state index in [2.05, 4.69) is 26.6 Å².